The summed E-state index contributed by atoms with van der Waals surface area (Å²) in [5.41, 5.74) is 3.60. The van der Waals surface area contributed by atoms with E-state index in [-0.39, 0.29) is 11.3 Å². The van der Waals surface area contributed by atoms with E-state index in [0.29, 0.717) is 56.2 Å². The molecule has 9 rings (SSSR count). The maximum absolute atomic E-state index is 14.9. The number of piperazine rings is 1. The summed E-state index contributed by atoms with van der Waals surface area (Å²) >= 11 is 0. The quantitative estimate of drug-likeness (QED) is 0.409. The summed E-state index contributed by atoms with van der Waals surface area (Å²) in [7, 11) is 0. The lowest BCUT2D eigenvalue weighted by atomic mass is 9.89. The average molecular weight is 609 g/mol. The molecule has 6 atom stereocenters. The maximum Gasteiger partial charge on any atom is 0.318 e. The number of hydrogen-bond acceptors (Lipinski definition) is 8. The monoisotopic (exact) mass is 608 g/mol. The number of anilines is 2. The molecule has 2 N–H and O–H groups in total. The number of benzene rings is 2. The van der Waals surface area contributed by atoms with Crippen LogP contribution in [0, 0.1) is 18.3 Å². The van der Waals surface area contributed by atoms with Gasteiger partial charge in [-0.05, 0) is 62.0 Å². The van der Waals surface area contributed by atoms with Gasteiger partial charge in [-0.25, -0.2) is 4.39 Å². The number of terminal acetylenes is 1. The standard InChI is InChI=1S/C36H41FN6O2/c1-2-22-5-3-6-23-13-28(44)14-32(33(22)23)41-12-11-29-30(20-41)39-35(40-34(29)42-18-26-9-10-27(19-42)38-26)45-21-36-15-24-7-4-8-31(24)43(36)17-25(37)16-36/h1,3,5-6,13-14,24-27,31,38,44H,4,7-12,15-21H2/t24-,25-,26?,27?,31-,36?/m1/s1. The summed E-state index contributed by atoms with van der Waals surface area (Å²) in [6.45, 7) is 4.13. The Morgan fingerprint density at radius 3 is 2.78 bits per heavy atom. The molecule has 3 aromatic rings. The molecule has 0 radical (unpaired) electrons. The zero-order valence-corrected chi connectivity index (χ0v) is 25.7. The summed E-state index contributed by atoms with van der Waals surface area (Å²) in [5.74, 6) is 4.70. The Kier molecular flexibility index (Phi) is 6.44. The van der Waals surface area contributed by atoms with Crippen LogP contribution in [0.4, 0.5) is 15.9 Å². The molecule has 1 aliphatic carbocycles. The van der Waals surface area contributed by atoms with Gasteiger partial charge in [-0.1, -0.05) is 24.5 Å². The van der Waals surface area contributed by atoms with Gasteiger partial charge in [0.2, 0.25) is 0 Å². The number of halogens is 1. The molecule has 45 heavy (non-hydrogen) atoms. The van der Waals surface area contributed by atoms with Crippen LogP contribution in [0.1, 0.15) is 61.8 Å². The molecule has 0 amide bonds. The van der Waals surface area contributed by atoms with Crippen LogP contribution in [0.5, 0.6) is 11.8 Å². The molecule has 3 unspecified atom stereocenters. The van der Waals surface area contributed by atoms with E-state index in [9.17, 15) is 9.50 Å². The Hall–Kier alpha value is -3.61. The van der Waals surface area contributed by atoms with Crippen molar-refractivity contribution in [3.05, 3.63) is 47.2 Å². The molecule has 5 fully saturated rings. The molecule has 0 spiro atoms. The van der Waals surface area contributed by atoms with Crippen molar-refractivity contribution in [3.8, 4) is 24.1 Å². The molecule has 4 saturated heterocycles. The van der Waals surface area contributed by atoms with Gasteiger partial charge in [-0.2, -0.15) is 9.97 Å². The summed E-state index contributed by atoms with van der Waals surface area (Å²) in [6, 6.07) is 11.3. The van der Waals surface area contributed by atoms with Crippen molar-refractivity contribution in [2.45, 2.75) is 87.7 Å². The number of nitrogens with one attached hydrogen (secondary N) is 1. The normalized spacial score (nSPS) is 32.0. The lowest BCUT2D eigenvalue weighted by Gasteiger charge is -2.38. The first-order valence-corrected chi connectivity index (χ1v) is 16.9. The van der Waals surface area contributed by atoms with Crippen LogP contribution >= 0.6 is 0 Å². The van der Waals surface area contributed by atoms with Crippen LogP contribution in [-0.4, -0.2) is 82.6 Å². The van der Waals surface area contributed by atoms with Crippen molar-refractivity contribution in [1.29, 1.82) is 0 Å². The largest absolute Gasteiger partial charge is 0.508 e. The third kappa shape index (κ3) is 4.55. The van der Waals surface area contributed by atoms with Gasteiger partial charge in [0.15, 0.2) is 0 Å². The first kappa shape index (κ1) is 27.7. The highest BCUT2D eigenvalue weighted by Gasteiger charge is 2.58. The van der Waals surface area contributed by atoms with Gasteiger partial charge in [-0.15, -0.1) is 6.42 Å². The second-order valence-corrected chi connectivity index (χ2v) is 14.4. The molecule has 2 aromatic carbocycles. The van der Waals surface area contributed by atoms with Gasteiger partial charge < -0.3 is 25.0 Å². The Balaban J connectivity index is 1.07. The lowest BCUT2D eigenvalue weighted by Crippen LogP contribution is -2.52. The fourth-order valence-electron chi connectivity index (χ4n) is 9.89. The van der Waals surface area contributed by atoms with Crippen LogP contribution in [0.15, 0.2) is 30.3 Å². The van der Waals surface area contributed by atoms with E-state index in [1.54, 1.807) is 6.07 Å². The number of aromatic hydroxyl groups is 1. The minimum absolute atomic E-state index is 0.217. The third-order valence-electron chi connectivity index (χ3n) is 11.7. The number of ether oxygens (including phenoxy) is 1. The predicted molar refractivity (Wildman–Crippen MR) is 173 cm³/mol. The zero-order chi connectivity index (χ0) is 30.3. The van der Waals surface area contributed by atoms with Crippen molar-refractivity contribution < 1.29 is 14.2 Å². The molecule has 1 saturated carbocycles. The van der Waals surface area contributed by atoms with E-state index in [1.807, 2.05) is 24.3 Å². The summed E-state index contributed by atoms with van der Waals surface area (Å²) < 4.78 is 21.5. The molecular formula is C36H41FN6O2. The van der Waals surface area contributed by atoms with Gasteiger partial charge in [0.1, 0.15) is 24.3 Å². The van der Waals surface area contributed by atoms with Crippen molar-refractivity contribution in [2.75, 3.05) is 42.6 Å². The minimum atomic E-state index is -0.801. The fraction of sp³-hybridized carbons (Fsp3) is 0.556. The number of aromatic nitrogens is 2. The molecule has 5 aliphatic heterocycles. The summed E-state index contributed by atoms with van der Waals surface area (Å²) in [4.78, 5) is 17.4. The van der Waals surface area contributed by atoms with E-state index in [0.717, 1.165) is 66.0 Å². The van der Waals surface area contributed by atoms with Gasteiger partial charge in [0.05, 0.1) is 17.8 Å². The van der Waals surface area contributed by atoms with E-state index in [2.05, 4.69) is 25.9 Å². The van der Waals surface area contributed by atoms with E-state index in [1.165, 1.54) is 37.7 Å². The highest BCUT2D eigenvalue weighted by molar-refractivity contribution is 6.00. The van der Waals surface area contributed by atoms with Gasteiger partial charge in [0, 0.05) is 79.0 Å². The summed E-state index contributed by atoms with van der Waals surface area (Å²) in [5, 5.41) is 16.3. The van der Waals surface area contributed by atoms with Crippen LogP contribution in [-0.2, 0) is 13.0 Å². The van der Waals surface area contributed by atoms with Crippen LogP contribution in [0.2, 0.25) is 0 Å². The molecule has 6 heterocycles. The first-order chi connectivity index (χ1) is 22.0. The third-order valence-corrected chi connectivity index (χ3v) is 11.7. The van der Waals surface area contributed by atoms with Gasteiger partial charge in [0.25, 0.3) is 0 Å². The summed E-state index contributed by atoms with van der Waals surface area (Å²) in [6.07, 6.45) is 13.5. The van der Waals surface area contributed by atoms with E-state index in [4.69, 9.17) is 21.1 Å². The van der Waals surface area contributed by atoms with Crippen LogP contribution in [0.3, 0.4) is 0 Å². The molecule has 234 valence electrons. The number of phenolic OH excluding ortho intramolecular Hbond substituents is 1. The van der Waals surface area contributed by atoms with Crippen molar-refractivity contribution in [2.24, 2.45) is 5.92 Å². The fourth-order valence-corrected chi connectivity index (χ4v) is 9.89. The SMILES string of the molecule is C#Cc1cccc2cc(O)cc(N3CCc4c(nc(OCC56C[C@@H](F)CN5[C@@H]5CCC[C@@H]5C6)nc4N4CC5CCC(C4)N5)C3)c12. The smallest absolute Gasteiger partial charge is 0.318 e. The highest BCUT2D eigenvalue weighted by atomic mass is 19.1. The van der Waals surface area contributed by atoms with Crippen molar-refractivity contribution >= 4 is 22.3 Å². The highest BCUT2D eigenvalue weighted by Crippen LogP contribution is 2.52. The van der Waals surface area contributed by atoms with Crippen LogP contribution < -0.4 is 19.9 Å². The maximum atomic E-state index is 14.9. The number of rotatable bonds is 5. The molecule has 6 aliphatic rings. The number of alkyl halides is 1. The first-order valence-electron chi connectivity index (χ1n) is 16.9. The Labute approximate surface area is 264 Å². The molecule has 1 aromatic heterocycles. The molecule has 2 bridgehead atoms. The predicted octanol–water partition coefficient (Wildman–Crippen LogP) is 4.55. The van der Waals surface area contributed by atoms with Gasteiger partial charge in [-0.3, -0.25) is 4.90 Å². The van der Waals surface area contributed by atoms with Crippen molar-refractivity contribution in [1.82, 2.24) is 20.2 Å². The van der Waals surface area contributed by atoms with Crippen molar-refractivity contribution in [3.63, 3.8) is 0 Å². The molecular weight excluding hydrogens is 567 g/mol. The Bertz CT molecular complexity index is 1700. The molecule has 8 nitrogen and oxygen atoms in total. The number of nitrogens with zero attached hydrogens (tertiary/aromatic N) is 5. The molecule has 9 heteroatoms. The number of phenols is 1. The van der Waals surface area contributed by atoms with E-state index >= 15 is 0 Å². The minimum Gasteiger partial charge on any atom is -0.508 e. The second kappa shape index (κ2) is 10.5. The topological polar surface area (TPSA) is 77.0 Å². The van der Waals surface area contributed by atoms with Gasteiger partial charge >= 0.3 is 6.01 Å². The average Bonchev–Trinajstić information content (AvgIpc) is 3.78. The zero-order valence-electron chi connectivity index (χ0n) is 25.7. The van der Waals surface area contributed by atoms with E-state index < -0.39 is 6.17 Å². The number of fused-ring (bicyclic) bond motifs is 7. The lowest BCUT2D eigenvalue weighted by molar-refractivity contribution is 0.0829. The second-order valence-electron chi connectivity index (χ2n) is 14.4. The number of hydrogen-bond donors (Lipinski definition) is 2. The van der Waals surface area contributed by atoms with Crippen LogP contribution in [0.25, 0.3) is 10.8 Å². The Morgan fingerprint density at radius 1 is 1.07 bits per heavy atom. The Morgan fingerprint density at radius 2 is 1.93 bits per heavy atom.